The second-order valence-corrected chi connectivity index (χ2v) is 4.27. The molecule has 1 heterocycles. The van der Waals surface area contributed by atoms with Gasteiger partial charge >= 0.3 is 0 Å². The lowest BCUT2D eigenvalue weighted by molar-refractivity contribution is -0.119. The zero-order valence-corrected chi connectivity index (χ0v) is 9.19. The van der Waals surface area contributed by atoms with E-state index < -0.39 is 0 Å². The van der Waals surface area contributed by atoms with Crippen LogP contribution in [0.25, 0.3) is 0 Å². The van der Waals surface area contributed by atoms with E-state index in [1.807, 2.05) is 0 Å². The molecule has 84 valence electrons. The average Bonchev–Trinajstić information content (AvgIpc) is 2.39. The number of ketones is 2. The molecule has 3 heteroatoms. The lowest BCUT2D eigenvalue weighted by Gasteiger charge is -2.19. The summed E-state index contributed by atoms with van der Waals surface area (Å²) in [5.41, 5.74) is 0.415. The molecule has 0 atom stereocenters. The van der Waals surface area contributed by atoms with Crippen molar-refractivity contribution in [3.8, 4) is 0 Å². The van der Waals surface area contributed by atoms with E-state index in [0.717, 1.165) is 25.7 Å². The molecule has 1 aliphatic carbocycles. The van der Waals surface area contributed by atoms with Gasteiger partial charge in [-0.05, 0) is 25.0 Å². The molecule has 0 N–H and O–H groups in total. The number of rotatable bonds is 3. The minimum Gasteiger partial charge on any atom is -0.290 e. The van der Waals surface area contributed by atoms with Crippen LogP contribution in [0.1, 0.15) is 42.5 Å². The van der Waals surface area contributed by atoms with E-state index in [4.69, 9.17) is 0 Å². The molecule has 0 unspecified atom stereocenters. The van der Waals surface area contributed by atoms with Crippen molar-refractivity contribution in [1.82, 2.24) is 4.98 Å². The zero-order chi connectivity index (χ0) is 11.4. The van der Waals surface area contributed by atoms with Crippen molar-refractivity contribution in [3.05, 3.63) is 30.1 Å². The number of carbonyl (C=O) groups excluding carboxylic acids is 2. The molecule has 1 aromatic rings. The van der Waals surface area contributed by atoms with Crippen LogP contribution < -0.4 is 0 Å². The maximum absolute atomic E-state index is 11.9. The SMILES string of the molecule is O=C(C(=O)C1CCCCC1)c1cccnc1. The maximum atomic E-state index is 11.9. The van der Waals surface area contributed by atoms with E-state index in [9.17, 15) is 9.59 Å². The summed E-state index contributed by atoms with van der Waals surface area (Å²) in [5.74, 6) is -0.658. The van der Waals surface area contributed by atoms with Gasteiger partial charge < -0.3 is 0 Å². The van der Waals surface area contributed by atoms with Crippen LogP contribution in [0.15, 0.2) is 24.5 Å². The topological polar surface area (TPSA) is 47.0 Å². The third-order valence-corrected chi connectivity index (χ3v) is 3.12. The Bertz CT molecular complexity index is 380. The molecule has 1 saturated carbocycles. The van der Waals surface area contributed by atoms with Gasteiger partial charge in [-0.15, -0.1) is 0 Å². The normalized spacial score (nSPS) is 17.0. The second-order valence-electron chi connectivity index (χ2n) is 4.27. The molecule has 0 aliphatic heterocycles. The van der Waals surface area contributed by atoms with Crippen LogP contribution in [-0.2, 0) is 4.79 Å². The van der Waals surface area contributed by atoms with E-state index in [0.29, 0.717) is 5.56 Å². The smallest absolute Gasteiger partial charge is 0.230 e. The molecule has 0 radical (unpaired) electrons. The van der Waals surface area contributed by atoms with Gasteiger partial charge in [0.2, 0.25) is 11.6 Å². The molecular weight excluding hydrogens is 202 g/mol. The van der Waals surface area contributed by atoms with E-state index in [1.54, 1.807) is 18.3 Å². The van der Waals surface area contributed by atoms with Crippen molar-refractivity contribution >= 4 is 11.6 Å². The average molecular weight is 217 g/mol. The Labute approximate surface area is 94.9 Å². The molecule has 0 saturated heterocycles. The number of Topliss-reactive ketones (excluding diaryl/α,β-unsaturated/α-hetero) is 2. The summed E-state index contributed by atoms with van der Waals surface area (Å²) in [4.78, 5) is 27.6. The van der Waals surface area contributed by atoms with Crippen molar-refractivity contribution in [1.29, 1.82) is 0 Å². The van der Waals surface area contributed by atoms with Crippen molar-refractivity contribution in [2.24, 2.45) is 5.92 Å². The molecule has 0 bridgehead atoms. The van der Waals surface area contributed by atoms with E-state index >= 15 is 0 Å². The molecule has 0 spiro atoms. The van der Waals surface area contributed by atoms with Crippen molar-refractivity contribution in [3.63, 3.8) is 0 Å². The monoisotopic (exact) mass is 217 g/mol. The lowest BCUT2D eigenvalue weighted by Crippen LogP contribution is -2.25. The van der Waals surface area contributed by atoms with Crippen LogP contribution in [0.4, 0.5) is 0 Å². The first-order valence-electron chi connectivity index (χ1n) is 5.77. The number of aromatic nitrogens is 1. The van der Waals surface area contributed by atoms with Gasteiger partial charge in [-0.3, -0.25) is 14.6 Å². The number of nitrogens with zero attached hydrogens (tertiary/aromatic N) is 1. The van der Waals surface area contributed by atoms with Gasteiger partial charge in [0.25, 0.3) is 0 Å². The third-order valence-electron chi connectivity index (χ3n) is 3.12. The molecule has 16 heavy (non-hydrogen) atoms. The van der Waals surface area contributed by atoms with Gasteiger partial charge in [0.1, 0.15) is 0 Å². The highest BCUT2D eigenvalue weighted by atomic mass is 16.2. The van der Waals surface area contributed by atoms with Gasteiger partial charge in [0.15, 0.2) is 0 Å². The molecule has 1 aliphatic rings. The highest BCUT2D eigenvalue weighted by molar-refractivity contribution is 6.44. The third kappa shape index (κ3) is 2.35. The van der Waals surface area contributed by atoms with Crippen molar-refractivity contribution in [2.75, 3.05) is 0 Å². The highest BCUT2D eigenvalue weighted by Crippen LogP contribution is 2.25. The van der Waals surface area contributed by atoms with E-state index in [-0.39, 0.29) is 17.5 Å². The first-order chi connectivity index (χ1) is 7.79. The largest absolute Gasteiger partial charge is 0.290 e. The number of pyridine rings is 1. The summed E-state index contributed by atoms with van der Waals surface area (Å²) in [6.45, 7) is 0. The molecule has 3 nitrogen and oxygen atoms in total. The van der Waals surface area contributed by atoms with Gasteiger partial charge in [-0.1, -0.05) is 19.3 Å². The summed E-state index contributed by atoms with van der Waals surface area (Å²) in [7, 11) is 0. The standard InChI is InChI=1S/C13H15NO2/c15-12(10-5-2-1-3-6-10)13(16)11-7-4-8-14-9-11/h4,7-10H,1-3,5-6H2. The Kier molecular flexibility index (Phi) is 3.44. The fourth-order valence-electron chi connectivity index (χ4n) is 2.19. The maximum Gasteiger partial charge on any atom is 0.230 e. The summed E-state index contributed by atoms with van der Waals surface area (Å²) >= 11 is 0. The predicted molar refractivity (Wildman–Crippen MR) is 60.1 cm³/mol. The minimum absolute atomic E-state index is 0.0542. The Hall–Kier alpha value is -1.51. The molecule has 0 aromatic carbocycles. The number of hydrogen-bond donors (Lipinski definition) is 0. The van der Waals surface area contributed by atoms with Gasteiger partial charge in [0, 0.05) is 23.9 Å². The van der Waals surface area contributed by atoms with Crippen LogP contribution in [0.5, 0.6) is 0 Å². The number of hydrogen-bond acceptors (Lipinski definition) is 3. The second kappa shape index (κ2) is 5.01. The number of carbonyl (C=O) groups is 2. The minimum atomic E-state index is -0.375. The molecule has 1 fully saturated rings. The highest BCUT2D eigenvalue weighted by Gasteiger charge is 2.27. The van der Waals surface area contributed by atoms with Crippen molar-refractivity contribution in [2.45, 2.75) is 32.1 Å². The van der Waals surface area contributed by atoms with Crippen LogP contribution >= 0.6 is 0 Å². The lowest BCUT2D eigenvalue weighted by atomic mass is 9.84. The van der Waals surface area contributed by atoms with Crippen molar-refractivity contribution < 1.29 is 9.59 Å². The quantitative estimate of drug-likeness (QED) is 0.577. The molecule has 1 aromatic heterocycles. The predicted octanol–water partition coefficient (Wildman–Crippen LogP) is 2.41. The van der Waals surface area contributed by atoms with Crippen LogP contribution in [-0.4, -0.2) is 16.6 Å². The van der Waals surface area contributed by atoms with Crippen LogP contribution in [0.3, 0.4) is 0 Å². The summed E-state index contributed by atoms with van der Waals surface area (Å²) in [6, 6.07) is 3.33. The molecule has 0 amide bonds. The summed E-state index contributed by atoms with van der Waals surface area (Å²) < 4.78 is 0. The fourth-order valence-corrected chi connectivity index (χ4v) is 2.19. The first kappa shape index (κ1) is 11.0. The van der Waals surface area contributed by atoms with E-state index in [2.05, 4.69) is 4.98 Å². The van der Waals surface area contributed by atoms with Gasteiger partial charge in [0.05, 0.1) is 0 Å². The van der Waals surface area contributed by atoms with Gasteiger partial charge in [-0.25, -0.2) is 0 Å². The van der Waals surface area contributed by atoms with Crippen LogP contribution in [0, 0.1) is 5.92 Å². The molecular formula is C13H15NO2. The van der Waals surface area contributed by atoms with E-state index in [1.165, 1.54) is 12.6 Å². The Balaban J connectivity index is 2.07. The zero-order valence-electron chi connectivity index (χ0n) is 9.19. The fraction of sp³-hybridized carbons (Fsp3) is 0.462. The first-order valence-corrected chi connectivity index (χ1v) is 5.77. The summed E-state index contributed by atoms with van der Waals surface area (Å²) in [5, 5.41) is 0. The Morgan fingerprint density at radius 2 is 1.94 bits per heavy atom. The Morgan fingerprint density at radius 3 is 2.56 bits per heavy atom. The van der Waals surface area contributed by atoms with Crippen LogP contribution in [0.2, 0.25) is 0 Å². The Morgan fingerprint density at radius 1 is 1.19 bits per heavy atom. The van der Waals surface area contributed by atoms with Gasteiger partial charge in [-0.2, -0.15) is 0 Å². The molecule has 2 rings (SSSR count). The summed E-state index contributed by atoms with van der Waals surface area (Å²) in [6.07, 6.45) is 8.11.